The smallest absolute Gasteiger partial charge is 0.225 e. The van der Waals surface area contributed by atoms with Crippen LogP contribution < -0.4 is 5.73 Å². The van der Waals surface area contributed by atoms with Crippen molar-refractivity contribution in [1.82, 2.24) is 4.90 Å². The molecule has 1 heterocycles. The summed E-state index contributed by atoms with van der Waals surface area (Å²) in [4.78, 5) is 14.5. The first-order chi connectivity index (χ1) is 10.6. The van der Waals surface area contributed by atoms with Crippen LogP contribution in [0.2, 0.25) is 0 Å². The second-order valence-corrected chi connectivity index (χ2v) is 6.29. The summed E-state index contributed by atoms with van der Waals surface area (Å²) in [5.41, 5.74) is 6.51. The lowest BCUT2D eigenvalue weighted by Crippen LogP contribution is -2.46. The molecule has 3 atom stereocenters. The van der Waals surface area contributed by atoms with Crippen LogP contribution in [0.5, 0.6) is 0 Å². The van der Waals surface area contributed by atoms with E-state index in [2.05, 4.69) is 0 Å². The van der Waals surface area contributed by atoms with Gasteiger partial charge in [0.2, 0.25) is 5.91 Å². The number of hydrogen-bond acceptors (Lipinski definition) is 3. The molecule has 1 saturated carbocycles. The molecule has 4 nitrogen and oxygen atoms in total. The molecule has 1 amide bonds. The van der Waals surface area contributed by atoms with E-state index < -0.39 is 0 Å². The molecule has 0 spiro atoms. The molecule has 1 saturated heterocycles. The fourth-order valence-corrected chi connectivity index (χ4v) is 3.48. The number of nitrogens with zero attached hydrogens (tertiary/aromatic N) is 1. The van der Waals surface area contributed by atoms with Crippen LogP contribution in [-0.4, -0.2) is 36.5 Å². The van der Waals surface area contributed by atoms with Crippen molar-refractivity contribution < 1.29 is 13.9 Å². The molecule has 2 N–H and O–H groups in total. The van der Waals surface area contributed by atoms with E-state index in [0.717, 1.165) is 25.7 Å². The predicted octanol–water partition coefficient (Wildman–Crippen LogP) is 2.24. The van der Waals surface area contributed by atoms with Crippen LogP contribution in [0.1, 0.15) is 37.4 Å². The molecule has 22 heavy (non-hydrogen) atoms. The average Bonchev–Trinajstić information content (AvgIpc) is 2.55. The highest BCUT2D eigenvalue weighted by molar-refractivity contribution is 5.79. The topological polar surface area (TPSA) is 55.6 Å². The highest BCUT2D eigenvalue weighted by Crippen LogP contribution is 2.29. The lowest BCUT2D eigenvalue weighted by Gasteiger charge is -2.37. The van der Waals surface area contributed by atoms with Crippen molar-refractivity contribution in [3.05, 3.63) is 35.6 Å². The van der Waals surface area contributed by atoms with E-state index in [9.17, 15) is 9.18 Å². The van der Waals surface area contributed by atoms with Gasteiger partial charge in [-0.15, -0.1) is 0 Å². The van der Waals surface area contributed by atoms with Crippen molar-refractivity contribution in [2.45, 2.75) is 37.8 Å². The quantitative estimate of drug-likeness (QED) is 0.911. The zero-order chi connectivity index (χ0) is 15.5. The summed E-state index contributed by atoms with van der Waals surface area (Å²) in [6.45, 7) is 1.45. The SMILES string of the molecule is N[C@@H]1CCC[C@H](C(=O)N2CCO[C@@H](c3ccccc3F)C2)C1. The summed E-state index contributed by atoms with van der Waals surface area (Å²) in [6.07, 6.45) is 3.31. The summed E-state index contributed by atoms with van der Waals surface area (Å²) in [5.74, 6) is -0.107. The normalized spacial score (nSPS) is 29.4. The summed E-state index contributed by atoms with van der Waals surface area (Å²) in [6, 6.07) is 6.74. The van der Waals surface area contributed by atoms with Crippen LogP contribution in [-0.2, 0) is 9.53 Å². The van der Waals surface area contributed by atoms with Crippen molar-refractivity contribution in [1.29, 1.82) is 0 Å². The molecule has 0 unspecified atom stereocenters. The molecule has 2 aliphatic rings. The van der Waals surface area contributed by atoms with Gasteiger partial charge in [-0.05, 0) is 25.3 Å². The Bertz CT molecular complexity index is 537. The maximum absolute atomic E-state index is 13.9. The van der Waals surface area contributed by atoms with Crippen molar-refractivity contribution in [3.8, 4) is 0 Å². The number of rotatable bonds is 2. The minimum atomic E-state index is -0.379. The Balaban J connectivity index is 1.68. The lowest BCUT2D eigenvalue weighted by atomic mass is 9.85. The standard InChI is InChI=1S/C17H23FN2O2/c18-15-7-2-1-6-14(15)16-11-20(8-9-22-16)17(21)12-4-3-5-13(19)10-12/h1-2,6-7,12-13,16H,3-5,8-11,19H2/t12-,13+,16+/m0/s1. The van der Waals surface area contributed by atoms with Crippen LogP contribution in [0.4, 0.5) is 4.39 Å². The molecule has 120 valence electrons. The van der Waals surface area contributed by atoms with Crippen LogP contribution in [0.3, 0.4) is 0 Å². The number of hydrogen-bond donors (Lipinski definition) is 1. The minimum Gasteiger partial charge on any atom is -0.370 e. The highest BCUT2D eigenvalue weighted by atomic mass is 19.1. The zero-order valence-corrected chi connectivity index (χ0v) is 12.7. The third-order valence-electron chi connectivity index (χ3n) is 4.69. The molecule has 0 aromatic heterocycles. The summed E-state index contributed by atoms with van der Waals surface area (Å²) < 4.78 is 19.6. The number of morpholine rings is 1. The molecule has 2 fully saturated rings. The molecule has 0 radical (unpaired) electrons. The first-order valence-electron chi connectivity index (χ1n) is 8.05. The van der Waals surface area contributed by atoms with E-state index in [1.165, 1.54) is 6.07 Å². The molecular formula is C17H23FN2O2. The van der Waals surface area contributed by atoms with Crippen molar-refractivity contribution >= 4 is 5.91 Å². The van der Waals surface area contributed by atoms with Crippen molar-refractivity contribution in [2.75, 3.05) is 19.7 Å². The van der Waals surface area contributed by atoms with Gasteiger partial charge in [0.15, 0.2) is 0 Å². The van der Waals surface area contributed by atoms with E-state index in [-0.39, 0.29) is 29.8 Å². The summed E-state index contributed by atoms with van der Waals surface area (Å²) >= 11 is 0. The first kappa shape index (κ1) is 15.4. The third-order valence-corrected chi connectivity index (χ3v) is 4.69. The molecule has 1 aromatic carbocycles. The summed E-state index contributed by atoms with van der Waals surface area (Å²) in [5, 5.41) is 0. The molecule has 1 aromatic rings. The Kier molecular flexibility index (Phi) is 4.74. The number of amides is 1. The van der Waals surface area contributed by atoms with E-state index >= 15 is 0 Å². The molecule has 0 bridgehead atoms. The monoisotopic (exact) mass is 306 g/mol. The fourth-order valence-electron chi connectivity index (χ4n) is 3.48. The van der Waals surface area contributed by atoms with Crippen molar-refractivity contribution in [2.24, 2.45) is 11.7 Å². The van der Waals surface area contributed by atoms with E-state index in [1.807, 2.05) is 4.90 Å². The number of halogens is 1. The largest absolute Gasteiger partial charge is 0.370 e. The Morgan fingerprint density at radius 1 is 1.32 bits per heavy atom. The second kappa shape index (κ2) is 6.75. The van der Waals surface area contributed by atoms with E-state index in [1.54, 1.807) is 18.2 Å². The molecule has 5 heteroatoms. The molecule has 1 aliphatic heterocycles. The molecule has 1 aliphatic carbocycles. The van der Waals surface area contributed by atoms with Gasteiger partial charge in [-0.2, -0.15) is 0 Å². The van der Waals surface area contributed by atoms with E-state index in [0.29, 0.717) is 25.3 Å². The van der Waals surface area contributed by atoms with Gasteiger partial charge in [0.1, 0.15) is 11.9 Å². The Morgan fingerprint density at radius 2 is 2.14 bits per heavy atom. The number of carbonyl (C=O) groups excluding carboxylic acids is 1. The van der Waals surface area contributed by atoms with Gasteiger partial charge in [0, 0.05) is 24.1 Å². The Labute approximate surface area is 130 Å². The van der Waals surface area contributed by atoms with Crippen LogP contribution in [0, 0.1) is 11.7 Å². The second-order valence-electron chi connectivity index (χ2n) is 6.29. The third kappa shape index (κ3) is 3.31. The molecule has 3 rings (SSSR count). The van der Waals surface area contributed by atoms with Crippen LogP contribution >= 0.6 is 0 Å². The number of benzene rings is 1. The number of ether oxygens (including phenoxy) is 1. The van der Waals surface area contributed by atoms with Gasteiger partial charge < -0.3 is 15.4 Å². The van der Waals surface area contributed by atoms with Crippen molar-refractivity contribution in [3.63, 3.8) is 0 Å². The number of carbonyl (C=O) groups is 1. The van der Waals surface area contributed by atoms with Gasteiger partial charge in [-0.25, -0.2) is 4.39 Å². The maximum atomic E-state index is 13.9. The lowest BCUT2D eigenvalue weighted by molar-refractivity contribution is -0.144. The van der Waals surface area contributed by atoms with Gasteiger partial charge in [0.05, 0.1) is 13.2 Å². The van der Waals surface area contributed by atoms with E-state index in [4.69, 9.17) is 10.5 Å². The number of nitrogens with two attached hydrogens (primary N) is 1. The fraction of sp³-hybridized carbons (Fsp3) is 0.588. The minimum absolute atomic E-state index is 0.0168. The zero-order valence-electron chi connectivity index (χ0n) is 12.7. The summed E-state index contributed by atoms with van der Waals surface area (Å²) in [7, 11) is 0. The van der Waals surface area contributed by atoms with Crippen LogP contribution in [0.15, 0.2) is 24.3 Å². The highest BCUT2D eigenvalue weighted by Gasteiger charge is 2.33. The van der Waals surface area contributed by atoms with Crippen LogP contribution in [0.25, 0.3) is 0 Å². The Morgan fingerprint density at radius 3 is 2.91 bits per heavy atom. The first-order valence-corrected chi connectivity index (χ1v) is 8.05. The predicted molar refractivity (Wildman–Crippen MR) is 81.6 cm³/mol. The van der Waals surface area contributed by atoms with Gasteiger partial charge in [-0.1, -0.05) is 24.6 Å². The average molecular weight is 306 g/mol. The van der Waals surface area contributed by atoms with Gasteiger partial charge >= 0.3 is 0 Å². The van der Waals surface area contributed by atoms with Gasteiger partial charge in [-0.3, -0.25) is 4.79 Å². The Hall–Kier alpha value is -1.46. The van der Waals surface area contributed by atoms with Gasteiger partial charge in [0.25, 0.3) is 0 Å². The maximum Gasteiger partial charge on any atom is 0.225 e. The molecular weight excluding hydrogens is 283 g/mol.